The molecular weight excluding hydrogens is 254 g/mol. The van der Waals surface area contributed by atoms with E-state index in [1.165, 1.54) is 0 Å². The van der Waals surface area contributed by atoms with Crippen molar-refractivity contribution in [2.45, 2.75) is 13.3 Å². The molecule has 0 aliphatic carbocycles. The third-order valence-electron chi connectivity index (χ3n) is 4.18. The highest BCUT2D eigenvalue weighted by atomic mass is 16.2. The van der Waals surface area contributed by atoms with Crippen molar-refractivity contribution in [2.24, 2.45) is 5.41 Å². The maximum absolute atomic E-state index is 12.0. The third kappa shape index (κ3) is 1.88. The summed E-state index contributed by atoms with van der Waals surface area (Å²) in [5, 5.41) is 10.7. The molecule has 1 unspecified atom stereocenters. The Morgan fingerprint density at radius 3 is 3.10 bits per heavy atom. The van der Waals surface area contributed by atoms with Crippen LogP contribution in [0.2, 0.25) is 0 Å². The lowest BCUT2D eigenvalue weighted by molar-refractivity contribution is -0.128. The van der Waals surface area contributed by atoms with Gasteiger partial charge in [-0.2, -0.15) is 5.10 Å². The zero-order valence-electron chi connectivity index (χ0n) is 11.7. The van der Waals surface area contributed by atoms with E-state index in [1.54, 1.807) is 13.2 Å². The molecule has 1 aromatic heterocycles. The van der Waals surface area contributed by atoms with Crippen molar-refractivity contribution >= 4 is 28.2 Å². The van der Waals surface area contributed by atoms with Gasteiger partial charge >= 0.3 is 0 Å². The van der Waals surface area contributed by atoms with Gasteiger partial charge in [0.25, 0.3) is 0 Å². The van der Waals surface area contributed by atoms with Crippen LogP contribution >= 0.6 is 0 Å². The smallest absolute Gasteiger partial charge is 0.227 e. The zero-order valence-corrected chi connectivity index (χ0v) is 11.7. The standard InChI is InChI=1S/C14H19N5O/c1-14(13(20)16-2)3-4-19(8-14)12-6-11-9(5-10(12)15)7-17-18-11/h5-7H,3-4,8,15H2,1-2H3,(H,16,20)(H,17,18). The number of hydrogen-bond donors (Lipinski definition) is 3. The Morgan fingerprint density at radius 1 is 1.55 bits per heavy atom. The molecule has 1 amide bonds. The number of hydrogen-bond acceptors (Lipinski definition) is 4. The molecule has 20 heavy (non-hydrogen) atoms. The van der Waals surface area contributed by atoms with Gasteiger partial charge in [-0.1, -0.05) is 0 Å². The molecule has 106 valence electrons. The fourth-order valence-electron chi connectivity index (χ4n) is 2.93. The molecule has 1 aliphatic rings. The summed E-state index contributed by atoms with van der Waals surface area (Å²) in [6, 6.07) is 3.93. The second-order valence-electron chi connectivity index (χ2n) is 5.68. The van der Waals surface area contributed by atoms with Crippen molar-refractivity contribution in [3.63, 3.8) is 0 Å². The predicted octanol–water partition coefficient (Wildman–Crippen LogP) is 1.11. The van der Waals surface area contributed by atoms with Crippen molar-refractivity contribution in [2.75, 3.05) is 30.8 Å². The quantitative estimate of drug-likeness (QED) is 0.715. The molecule has 0 saturated carbocycles. The van der Waals surface area contributed by atoms with Crippen LogP contribution in [-0.2, 0) is 4.79 Å². The largest absolute Gasteiger partial charge is 0.397 e. The minimum atomic E-state index is -0.357. The molecule has 0 radical (unpaired) electrons. The van der Waals surface area contributed by atoms with Crippen molar-refractivity contribution in [1.82, 2.24) is 15.5 Å². The molecule has 1 aliphatic heterocycles. The number of fused-ring (bicyclic) bond motifs is 1. The van der Waals surface area contributed by atoms with E-state index in [-0.39, 0.29) is 11.3 Å². The Morgan fingerprint density at radius 2 is 2.35 bits per heavy atom. The maximum atomic E-state index is 12.0. The highest BCUT2D eigenvalue weighted by molar-refractivity contribution is 5.90. The van der Waals surface area contributed by atoms with Crippen LogP contribution in [0.3, 0.4) is 0 Å². The molecule has 0 spiro atoms. The summed E-state index contributed by atoms with van der Waals surface area (Å²) in [5.41, 5.74) is 8.43. The summed E-state index contributed by atoms with van der Waals surface area (Å²) in [5.74, 6) is 0.0844. The number of benzene rings is 1. The number of nitrogens with one attached hydrogen (secondary N) is 2. The number of anilines is 2. The summed E-state index contributed by atoms with van der Waals surface area (Å²) in [7, 11) is 1.68. The maximum Gasteiger partial charge on any atom is 0.227 e. The molecule has 1 atom stereocenters. The lowest BCUT2D eigenvalue weighted by Gasteiger charge is -2.24. The van der Waals surface area contributed by atoms with Crippen molar-refractivity contribution in [1.29, 1.82) is 0 Å². The molecule has 6 heteroatoms. The van der Waals surface area contributed by atoms with Gasteiger partial charge in [-0.3, -0.25) is 9.89 Å². The average Bonchev–Trinajstić information content (AvgIpc) is 3.03. The highest BCUT2D eigenvalue weighted by Crippen LogP contribution is 2.37. The lowest BCUT2D eigenvalue weighted by atomic mass is 9.89. The van der Waals surface area contributed by atoms with Gasteiger partial charge in [-0.05, 0) is 25.5 Å². The minimum Gasteiger partial charge on any atom is -0.397 e. The second kappa shape index (κ2) is 4.40. The number of aromatic nitrogens is 2. The predicted molar refractivity (Wildman–Crippen MR) is 79.5 cm³/mol. The minimum absolute atomic E-state index is 0.0844. The number of amides is 1. The number of aromatic amines is 1. The summed E-state index contributed by atoms with van der Waals surface area (Å²) < 4.78 is 0. The van der Waals surface area contributed by atoms with E-state index in [4.69, 9.17) is 5.73 Å². The molecule has 3 rings (SSSR count). The molecule has 2 heterocycles. The molecule has 6 nitrogen and oxygen atoms in total. The van der Waals surface area contributed by atoms with Crippen LogP contribution < -0.4 is 16.0 Å². The molecule has 1 aromatic carbocycles. The second-order valence-corrected chi connectivity index (χ2v) is 5.68. The van der Waals surface area contributed by atoms with E-state index in [9.17, 15) is 4.79 Å². The van der Waals surface area contributed by atoms with Gasteiger partial charge in [0.05, 0.1) is 28.5 Å². The summed E-state index contributed by atoms with van der Waals surface area (Å²) in [6.07, 6.45) is 2.58. The Bertz CT molecular complexity index is 665. The Hall–Kier alpha value is -2.24. The Balaban J connectivity index is 1.93. The van der Waals surface area contributed by atoms with Crippen molar-refractivity contribution in [3.05, 3.63) is 18.3 Å². The summed E-state index contributed by atoms with van der Waals surface area (Å²) >= 11 is 0. The van der Waals surface area contributed by atoms with Gasteiger partial charge in [0, 0.05) is 25.5 Å². The van der Waals surface area contributed by atoms with Gasteiger partial charge < -0.3 is 16.0 Å². The van der Waals surface area contributed by atoms with Crippen molar-refractivity contribution < 1.29 is 4.79 Å². The Kier molecular flexibility index (Phi) is 2.81. The van der Waals surface area contributed by atoms with E-state index >= 15 is 0 Å². The van der Waals surface area contributed by atoms with Gasteiger partial charge in [-0.15, -0.1) is 0 Å². The average molecular weight is 273 g/mol. The van der Waals surface area contributed by atoms with Gasteiger partial charge in [-0.25, -0.2) is 0 Å². The third-order valence-corrected chi connectivity index (χ3v) is 4.18. The van der Waals surface area contributed by atoms with Crippen LogP contribution in [0.25, 0.3) is 10.9 Å². The molecule has 1 fully saturated rings. The first-order valence-corrected chi connectivity index (χ1v) is 6.73. The van der Waals surface area contributed by atoms with Crippen LogP contribution in [0.1, 0.15) is 13.3 Å². The number of nitrogens with zero attached hydrogens (tertiary/aromatic N) is 2. The molecule has 2 aromatic rings. The van der Waals surface area contributed by atoms with Crippen LogP contribution in [0.4, 0.5) is 11.4 Å². The van der Waals surface area contributed by atoms with E-state index in [0.717, 1.165) is 35.2 Å². The fraction of sp³-hybridized carbons (Fsp3) is 0.429. The van der Waals surface area contributed by atoms with E-state index in [0.29, 0.717) is 6.54 Å². The number of carbonyl (C=O) groups excluding carboxylic acids is 1. The molecule has 1 saturated heterocycles. The van der Waals surface area contributed by atoms with Crippen LogP contribution in [0.5, 0.6) is 0 Å². The fourth-order valence-corrected chi connectivity index (χ4v) is 2.93. The number of rotatable bonds is 2. The van der Waals surface area contributed by atoms with Crippen LogP contribution in [0.15, 0.2) is 18.3 Å². The number of carbonyl (C=O) groups is 1. The van der Waals surface area contributed by atoms with E-state index < -0.39 is 0 Å². The SMILES string of the molecule is CNC(=O)C1(C)CCN(c2cc3[nH]ncc3cc2N)C1. The van der Waals surface area contributed by atoms with Gasteiger partial charge in [0.2, 0.25) is 5.91 Å². The normalized spacial score (nSPS) is 22.4. The lowest BCUT2D eigenvalue weighted by Crippen LogP contribution is -2.39. The zero-order chi connectivity index (χ0) is 14.3. The van der Waals surface area contributed by atoms with Crippen LogP contribution in [0, 0.1) is 5.41 Å². The van der Waals surface area contributed by atoms with Crippen LogP contribution in [-0.4, -0.2) is 36.2 Å². The molecule has 4 N–H and O–H groups in total. The van der Waals surface area contributed by atoms with E-state index in [2.05, 4.69) is 20.4 Å². The first-order valence-electron chi connectivity index (χ1n) is 6.73. The molecule has 0 bridgehead atoms. The summed E-state index contributed by atoms with van der Waals surface area (Å²) in [6.45, 7) is 3.50. The molecular formula is C14H19N5O. The van der Waals surface area contributed by atoms with Gasteiger partial charge in [0.15, 0.2) is 0 Å². The van der Waals surface area contributed by atoms with Crippen molar-refractivity contribution in [3.8, 4) is 0 Å². The monoisotopic (exact) mass is 273 g/mol. The van der Waals surface area contributed by atoms with Gasteiger partial charge in [0.1, 0.15) is 0 Å². The van der Waals surface area contributed by atoms with E-state index in [1.807, 2.05) is 19.1 Å². The first kappa shape index (κ1) is 12.8. The highest BCUT2D eigenvalue weighted by Gasteiger charge is 2.40. The number of nitrogens with two attached hydrogens (primary N) is 1. The topological polar surface area (TPSA) is 87.0 Å². The first-order chi connectivity index (χ1) is 9.53. The number of H-pyrrole nitrogens is 1. The summed E-state index contributed by atoms with van der Waals surface area (Å²) in [4.78, 5) is 14.2. The Labute approximate surface area is 117 Å². The number of nitrogen functional groups attached to an aromatic ring is 1.